The molecule has 2 aliphatic rings. The second kappa shape index (κ2) is 7.74. The number of urea groups is 1. The van der Waals surface area contributed by atoms with Gasteiger partial charge in [-0.15, -0.1) is 0 Å². The second-order valence-electron chi connectivity index (χ2n) is 6.79. The lowest BCUT2D eigenvalue weighted by atomic mass is 9.97. The number of quaternary nitrogens is 1. The van der Waals surface area contributed by atoms with Gasteiger partial charge in [0.15, 0.2) is 0 Å². The van der Waals surface area contributed by atoms with Crippen LogP contribution in [-0.2, 0) is 9.53 Å². The largest absolute Gasteiger partial charge is 0.467 e. The zero-order valence-electron chi connectivity index (χ0n) is 14.8. The Labute approximate surface area is 147 Å². The number of piperidine rings is 1. The average molecular weight is 348 g/mol. The van der Waals surface area contributed by atoms with Crippen molar-refractivity contribution in [1.29, 1.82) is 0 Å². The Hall–Kier alpha value is -2.28. The molecule has 7 nitrogen and oxygen atoms in total. The molecule has 3 atom stereocenters. The average Bonchev–Trinajstić information content (AvgIpc) is 3.09. The number of carbonyl (C=O) groups is 2. The van der Waals surface area contributed by atoms with Crippen LogP contribution in [0.2, 0.25) is 0 Å². The van der Waals surface area contributed by atoms with Crippen molar-refractivity contribution in [2.75, 3.05) is 26.2 Å². The minimum absolute atomic E-state index is 0.280. The first-order valence-corrected chi connectivity index (χ1v) is 8.93. The maximum absolute atomic E-state index is 12.6. The van der Waals surface area contributed by atoms with Crippen molar-refractivity contribution in [3.8, 4) is 0 Å². The maximum Gasteiger partial charge on any atom is 0.338 e. The zero-order chi connectivity index (χ0) is 17.8. The van der Waals surface area contributed by atoms with Gasteiger partial charge in [-0.3, -0.25) is 0 Å². The Kier molecular flexibility index (Phi) is 5.43. The van der Waals surface area contributed by atoms with E-state index in [0.29, 0.717) is 29.5 Å². The summed E-state index contributed by atoms with van der Waals surface area (Å²) in [6, 6.07) is 2.54. The molecule has 3 N–H and O–H groups in total. The lowest BCUT2D eigenvalue weighted by molar-refractivity contribution is -0.904. The first kappa shape index (κ1) is 17.5. The third kappa shape index (κ3) is 4.04. The highest BCUT2D eigenvalue weighted by molar-refractivity contribution is 5.95. The van der Waals surface area contributed by atoms with Crippen LogP contribution in [-0.4, -0.2) is 38.2 Å². The molecule has 136 valence electrons. The van der Waals surface area contributed by atoms with Crippen molar-refractivity contribution in [1.82, 2.24) is 10.6 Å². The molecule has 0 aliphatic carbocycles. The van der Waals surface area contributed by atoms with Crippen LogP contribution in [0.1, 0.15) is 38.5 Å². The molecule has 0 spiro atoms. The quantitative estimate of drug-likeness (QED) is 0.686. The molecule has 1 saturated heterocycles. The van der Waals surface area contributed by atoms with E-state index in [1.807, 2.05) is 0 Å². The second-order valence-corrected chi connectivity index (χ2v) is 6.79. The minimum Gasteiger partial charge on any atom is -0.467 e. The number of nitrogens with one attached hydrogen (secondary N) is 3. The summed E-state index contributed by atoms with van der Waals surface area (Å²) < 4.78 is 10.7. The van der Waals surface area contributed by atoms with Gasteiger partial charge in [-0.2, -0.15) is 0 Å². The van der Waals surface area contributed by atoms with Gasteiger partial charge < -0.3 is 24.7 Å². The fourth-order valence-corrected chi connectivity index (χ4v) is 3.68. The molecule has 3 rings (SSSR count). The van der Waals surface area contributed by atoms with Gasteiger partial charge in [0.1, 0.15) is 18.3 Å². The molecular weight excluding hydrogens is 322 g/mol. The van der Waals surface area contributed by atoms with E-state index in [4.69, 9.17) is 9.15 Å². The lowest BCUT2D eigenvalue weighted by Gasteiger charge is -2.32. The number of hydrogen-bond donors (Lipinski definition) is 3. The van der Waals surface area contributed by atoms with Crippen molar-refractivity contribution < 1.29 is 23.6 Å². The number of esters is 1. The molecule has 0 aromatic carbocycles. The van der Waals surface area contributed by atoms with E-state index in [-0.39, 0.29) is 12.6 Å². The van der Waals surface area contributed by atoms with Gasteiger partial charge in [0, 0.05) is 5.92 Å². The fraction of sp³-hybridized carbons (Fsp3) is 0.556. The van der Waals surface area contributed by atoms with Crippen molar-refractivity contribution in [2.24, 2.45) is 5.92 Å². The number of ether oxygens (including phenoxy) is 1. The molecule has 1 aromatic rings. The third-order valence-electron chi connectivity index (χ3n) is 4.77. The van der Waals surface area contributed by atoms with Crippen LogP contribution < -0.4 is 15.5 Å². The number of furan rings is 1. The summed E-state index contributed by atoms with van der Waals surface area (Å²) in [5.74, 6) is 0.752. The Bertz CT molecular complexity index is 653. The topological polar surface area (TPSA) is 85.0 Å². The van der Waals surface area contributed by atoms with Gasteiger partial charge in [0.25, 0.3) is 0 Å². The normalized spacial score (nSPS) is 26.8. The molecular formula is C18H26N3O4+. The molecule has 2 amide bonds. The van der Waals surface area contributed by atoms with Gasteiger partial charge in [0.2, 0.25) is 0 Å². The number of likely N-dealkylation sites (tertiary alicyclic amines) is 1. The highest BCUT2D eigenvalue weighted by atomic mass is 16.5. The Morgan fingerprint density at radius 2 is 2.32 bits per heavy atom. The van der Waals surface area contributed by atoms with Crippen LogP contribution in [0.25, 0.3) is 0 Å². The highest BCUT2D eigenvalue weighted by Crippen LogP contribution is 2.27. The summed E-state index contributed by atoms with van der Waals surface area (Å²) in [5.41, 5.74) is 1.06. The number of carbonyl (C=O) groups excluding carboxylic acids is 2. The summed E-state index contributed by atoms with van der Waals surface area (Å²) in [5, 5.41) is 5.60. The molecule has 0 saturated carbocycles. The summed E-state index contributed by atoms with van der Waals surface area (Å²) in [4.78, 5) is 26.1. The molecule has 2 aliphatic heterocycles. The number of rotatable bonds is 5. The van der Waals surface area contributed by atoms with Crippen LogP contribution in [0.15, 0.2) is 34.1 Å². The molecule has 3 heterocycles. The van der Waals surface area contributed by atoms with E-state index in [9.17, 15) is 9.59 Å². The summed E-state index contributed by atoms with van der Waals surface area (Å²) in [7, 11) is 0. The molecule has 1 aromatic heterocycles. The first-order chi connectivity index (χ1) is 12.1. The third-order valence-corrected chi connectivity index (χ3v) is 4.77. The Balaban J connectivity index is 1.93. The van der Waals surface area contributed by atoms with Crippen molar-refractivity contribution in [3.63, 3.8) is 0 Å². The van der Waals surface area contributed by atoms with Crippen LogP contribution in [0.5, 0.6) is 0 Å². The van der Waals surface area contributed by atoms with Crippen molar-refractivity contribution in [2.45, 2.75) is 32.7 Å². The predicted octanol–water partition coefficient (Wildman–Crippen LogP) is 0.766. The maximum atomic E-state index is 12.6. The monoisotopic (exact) mass is 348 g/mol. The number of amides is 2. The smallest absolute Gasteiger partial charge is 0.338 e. The van der Waals surface area contributed by atoms with Crippen LogP contribution >= 0.6 is 0 Å². The van der Waals surface area contributed by atoms with E-state index in [1.54, 1.807) is 19.1 Å². The summed E-state index contributed by atoms with van der Waals surface area (Å²) in [6.45, 7) is 6.97. The molecule has 7 heteroatoms. The van der Waals surface area contributed by atoms with E-state index >= 15 is 0 Å². The SMILES string of the molecule is CCOC(=O)C1=C(C[NH+]2CCC[C@H](C)C2)NC(=O)N[C@H]1c1ccco1. The minimum atomic E-state index is -0.626. The Morgan fingerprint density at radius 1 is 1.48 bits per heavy atom. The number of hydrogen-bond acceptors (Lipinski definition) is 4. The van der Waals surface area contributed by atoms with Gasteiger partial charge in [-0.1, -0.05) is 6.92 Å². The molecule has 1 unspecified atom stereocenters. The molecule has 0 radical (unpaired) electrons. The molecule has 25 heavy (non-hydrogen) atoms. The van der Waals surface area contributed by atoms with Crippen LogP contribution in [0.3, 0.4) is 0 Å². The highest BCUT2D eigenvalue weighted by Gasteiger charge is 2.37. The molecule has 1 fully saturated rings. The molecule has 0 bridgehead atoms. The van der Waals surface area contributed by atoms with E-state index in [0.717, 1.165) is 19.5 Å². The van der Waals surface area contributed by atoms with Gasteiger partial charge in [-0.25, -0.2) is 9.59 Å². The van der Waals surface area contributed by atoms with E-state index < -0.39 is 12.0 Å². The van der Waals surface area contributed by atoms with Crippen molar-refractivity contribution in [3.05, 3.63) is 35.4 Å². The van der Waals surface area contributed by atoms with E-state index in [2.05, 4.69) is 17.6 Å². The Morgan fingerprint density at radius 3 is 3.00 bits per heavy atom. The summed E-state index contributed by atoms with van der Waals surface area (Å²) in [6.07, 6.45) is 3.92. The van der Waals surface area contributed by atoms with Gasteiger partial charge in [0.05, 0.1) is 37.2 Å². The zero-order valence-corrected chi connectivity index (χ0v) is 14.8. The first-order valence-electron chi connectivity index (χ1n) is 8.93. The van der Waals surface area contributed by atoms with Crippen LogP contribution in [0.4, 0.5) is 4.79 Å². The predicted molar refractivity (Wildman–Crippen MR) is 90.7 cm³/mol. The van der Waals surface area contributed by atoms with Gasteiger partial charge >= 0.3 is 12.0 Å². The van der Waals surface area contributed by atoms with Gasteiger partial charge in [-0.05, 0) is 31.9 Å². The van der Waals surface area contributed by atoms with Crippen LogP contribution in [0, 0.1) is 5.92 Å². The summed E-state index contributed by atoms with van der Waals surface area (Å²) >= 11 is 0. The lowest BCUT2D eigenvalue weighted by Crippen LogP contribution is -3.14. The fourth-order valence-electron chi connectivity index (χ4n) is 3.68. The van der Waals surface area contributed by atoms with E-state index in [1.165, 1.54) is 17.6 Å². The van der Waals surface area contributed by atoms with Crippen molar-refractivity contribution >= 4 is 12.0 Å². The standard InChI is InChI=1S/C18H25N3O4/c1-3-24-17(22)15-13(11-21-8-4-6-12(2)10-21)19-18(23)20-16(15)14-7-5-9-25-14/h5,7,9,12,16H,3-4,6,8,10-11H2,1-2H3,(H2,19,20,23)/p+1/t12-,16-/m0/s1.